The average molecular weight is 244 g/mol. The predicted octanol–water partition coefficient (Wildman–Crippen LogP) is -0.147. The molecule has 2 amide bonds. The Balaban J connectivity index is 2.50. The Bertz CT molecular complexity index is 347. The van der Waals surface area contributed by atoms with E-state index >= 15 is 0 Å². The Morgan fingerprint density at radius 1 is 1.47 bits per heavy atom. The van der Waals surface area contributed by atoms with Crippen molar-refractivity contribution in [1.82, 2.24) is 10.6 Å². The van der Waals surface area contributed by atoms with Gasteiger partial charge in [0.25, 0.3) is 0 Å². The molecule has 0 aromatic rings. The van der Waals surface area contributed by atoms with Crippen LogP contribution in [0.15, 0.2) is 0 Å². The average Bonchev–Trinajstić information content (AvgIpc) is 2.44. The Morgan fingerprint density at radius 2 is 2.06 bits per heavy atom. The number of amides is 2. The zero-order valence-corrected chi connectivity index (χ0v) is 9.94. The lowest BCUT2D eigenvalue weighted by molar-refractivity contribution is -0.140. The number of ether oxygens (including phenoxy) is 1. The second-order valence-electron chi connectivity index (χ2n) is 4.83. The van der Waals surface area contributed by atoms with Crippen molar-refractivity contribution in [1.29, 1.82) is 0 Å². The second-order valence-corrected chi connectivity index (χ2v) is 4.83. The number of carbonyl (C=O) groups excluding carboxylic acids is 2. The normalized spacial score (nSPS) is 24.1. The van der Waals surface area contributed by atoms with Crippen molar-refractivity contribution >= 4 is 18.0 Å². The van der Waals surface area contributed by atoms with Gasteiger partial charge in [0.15, 0.2) is 0 Å². The van der Waals surface area contributed by atoms with Gasteiger partial charge in [-0.1, -0.05) is 0 Å². The Morgan fingerprint density at radius 3 is 2.47 bits per heavy atom. The van der Waals surface area contributed by atoms with Gasteiger partial charge in [-0.2, -0.15) is 0 Å². The maximum absolute atomic E-state index is 11.4. The van der Waals surface area contributed by atoms with E-state index in [0.29, 0.717) is 0 Å². The number of hydrogen-bond donors (Lipinski definition) is 3. The summed E-state index contributed by atoms with van der Waals surface area (Å²) in [6, 6.07) is -1.81. The van der Waals surface area contributed by atoms with Crippen LogP contribution in [0.3, 0.4) is 0 Å². The number of nitrogens with one attached hydrogen (secondary N) is 2. The first-order valence-corrected chi connectivity index (χ1v) is 5.22. The molecule has 1 fully saturated rings. The van der Waals surface area contributed by atoms with Crippen molar-refractivity contribution < 1.29 is 24.2 Å². The van der Waals surface area contributed by atoms with Crippen LogP contribution in [-0.2, 0) is 14.3 Å². The van der Waals surface area contributed by atoms with Crippen molar-refractivity contribution in [3.8, 4) is 0 Å². The molecule has 7 nitrogen and oxygen atoms in total. The molecular formula is C10H16N2O5. The van der Waals surface area contributed by atoms with Crippen LogP contribution in [0, 0.1) is 0 Å². The van der Waals surface area contributed by atoms with E-state index in [-0.39, 0.29) is 6.42 Å². The third-order valence-electron chi connectivity index (χ3n) is 2.09. The molecule has 17 heavy (non-hydrogen) atoms. The Hall–Kier alpha value is -1.79. The van der Waals surface area contributed by atoms with Gasteiger partial charge in [-0.25, -0.2) is 9.59 Å². The molecule has 3 N–H and O–H groups in total. The van der Waals surface area contributed by atoms with Gasteiger partial charge >= 0.3 is 12.1 Å². The third kappa shape index (κ3) is 3.93. The quantitative estimate of drug-likeness (QED) is 0.626. The topological polar surface area (TPSA) is 105 Å². The summed E-state index contributed by atoms with van der Waals surface area (Å²) in [5, 5.41) is 13.3. The fourth-order valence-electron chi connectivity index (χ4n) is 1.41. The summed E-state index contributed by atoms with van der Waals surface area (Å²) in [4.78, 5) is 33.4. The molecule has 1 saturated heterocycles. The number of carboxylic acids is 1. The minimum Gasteiger partial charge on any atom is -0.480 e. The highest BCUT2D eigenvalue weighted by molar-refractivity contribution is 5.93. The van der Waals surface area contributed by atoms with Crippen molar-refractivity contribution in [2.75, 3.05) is 0 Å². The number of aliphatic carboxylic acids is 1. The molecule has 1 aliphatic heterocycles. The van der Waals surface area contributed by atoms with Gasteiger partial charge in [0, 0.05) is 6.42 Å². The van der Waals surface area contributed by atoms with Crippen LogP contribution in [0.2, 0.25) is 0 Å². The van der Waals surface area contributed by atoms with Gasteiger partial charge in [-0.05, 0) is 20.8 Å². The molecule has 1 heterocycles. The fraction of sp³-hybridized carbons (Fsp3) is 0.700. The van der Waals surface area contributed by atoms with Gasteiger partial charge in [0.1, 0.15) is 17.7 Å². The van der Waals surface area contributed by atoms with Crippen molar-refractivity contribution in [3.63, 3.8) is 0 Å². The van der Waals surface area contributed by atoms with Crippen LogP contribution in [0.25, 0.3) is 0 Å². The maximum atomic E-state index is 11.4. The summed E-state index contributed by atoms with van der Waals surface area (Å²) in [5.41, 5.74) is -0.661. The van der Waals surface area contributed by atoms with Crippen LogP contribution in [0.5, 0.6) is 0 Å². The lowest BCUT2D eigenvalue weighted by Crippen LogP contribution is -2.42. The van der Waals surface area contributed by atoms with Crippen LogP contribution in [0.1, 0.15) is 27.2 Å². The lowest BCUT2D eigenvalue weighted by Gasteiger charge is -2.20. The third-order valence-corrected chi connectivity index (χ3v) is 2.09. The number of alkyl carbamates (subject to hydrolysis) is 1. The molecule has 0 saturated carbocycles. The van der Waals surface area contributed by atoms with E-state index in [1.54, 1.807) is 20.8 Å². The summed E-state index contributed by atoms with van der Waals surface area (Å²) in [6.45, 7) is 5.09. The lowest BCUT2D eigenvalue weighted by atomic mass is 10.2. The van der Waals surface area contributed by atoms with Crippen molar-refractivity contribution in [2.45, 2.75) is 44.9 Å². The number of hydrogen-bond acceptors (Lipinski definition) is 4. The monoisotopic (exact) mass is 244 g/mol. The summed E-state index contributed by atoms with van der Waals surface area (Å²) in [5.74, 6) is -1.63. The van der Waals surface area contributed by atoms with E-state index in [9.17, 15) is 14.4 Å². The van der Waals surface area contributed by atoms with Gasteiger partial charge in [-0.3, -0.25) is 4.79 Å². The van der Waals surface area contributed by atoms with E-state index < -0.39 is 35.7 Å². The zero-order chi connectivity index (χ0) is 13.2. The van der Waals surface area contributed by atoms with E-state index in [1.165, 1.54) is 0 Å². The minimum atomic E-state index is -1.12. The SMILES string of the molecule is CC(C)(C)OC(=O)NC1CC(C(=O)O)NC1=O. The van der Waals surface area contributed by atoms with Crippen LogP contribution >= 0.6 is 0 Å². The molecule has 1 rings (SSSR count). The highest BCUT2D eigenvalue weighted by atomic mass is 16.6. The minimum absolute atomic E-state index is 0.0212. The van der Waals surface area contributed by atoms with Crippen molar-refractivity contribution in [3.05, 3.63) is 0 Å². The molecule has 0 aromatic carbocycles. The molecule has 0 aliphatic carbocycles. The zero-order valence-electron chi connectivity index (χ0n) is 9.94. The highest BCUT2D eigenvalue weighted by Gasteiger charge is 2.37. The largest absolute Gasteiger partial charge is 0.480 e. The standard InChI is InChI=1S/C10H16N2O5/c1-10(2,3)17-9(16)12-5-4-6(8(14)15)11-7(5)13/h5-6H,4H2,1-3H3,(H,11,13)(H,12,16)(H,14,15). The van der Waals surface area contributed by atoms with E-state index in [1.807, 2.05) is 0 Å². The Labute approximate surface area is 98.5 Å². The molecule has 0 spiro atoms. The number of carboxylic acid groups (broad SMARTS) is 1. The molecule has 2 unspecified atom stereocenters. The smallest absolute Gasteiger partial charge is 0.408 e. The Kier molecular flexibility index (Phi) is 3.59. The predicted molar refractivity (Wildman–Crippen MR) is 57.3 cm³/mol. The number of rotatable bonds is 2. The molecule has 0 aromatic heterocycles. The second kappa shape index (κ2) is 4.60. The first-order chi connectivity index (χ1) is 7.69. The van der Waals surface area contributed by atoms with E-state index in [2.05, 4.69) is 10.6 Å². The molecule has 1 aliphatic rings. The summed E-state index contributed by atoms with van der Waals surface area (Å²) in [6.07, 6.45) is -0.711. The number of carbonyl (C=O) groups is 3. The van der Waals surface area contributed by atoms with E-state index in [4.69, 9.17) is 9.84 Å². The molecule has 96 valence electrons. The van der Waals surface area contributed by atoms with Crippen molar-refractivity contribution in [2.24, 2.45) is 0 Å². The van der Waals surface area contributed by atoms with Crippen LogP contribution in [-0.4, -0.2) is 40.8 Å². The van der Waals surface area contributed by atoms with Gasteiger partial charge in [0.05, 0.1) is 0 Å². The molecular weight excluding hydrogens is 228 g/mol. The first-order valence-electron chi connectivity index (χ1n) is 5.22. The molecule has 7 heteroatoms. The van der Waals surface area contributed by atoms with Crippen LogP contribution in [0.4, 0.5) is 4.79 Å². The summed E-state index contributed by atoms with van der Waals surface area (Å²) in [7, 11) is 0. The summed E-state index contributed by atoms with van der Waals surface area (Å²) < 4.78 is 4.97. The van der Waals surface area contributed by atoms with Gasteiger partial charge in [0.2, 0.25) is 5.91 Å². The fourth-order valence-corrected chi connectivity index (χ4v) is 1.41. The first kappa shape index (κ1) is 13.3. The molecule has 0 radical (unpaired) electrons. The van der Waals surface area contributed by atoms with Gasteiger partial charge in [-0.15, -0.1) is 0 Å². The highest BCUT2D eigenvalue weighted by Crippen LogP contribution is 2.11. The maximum Gasteiger partial charge on any atom is 0.408 e. The molecule has 0 bridgehead atoms. The summed E-state index contributed by atoms with van der Waals surface area (Å²) >= 11 is 0. The van der Waals surface area contributed by atoms with E-state index in [0.717, 1.165) is 0 Å². The molecule has 2 atom stereocenters. The van der Waals surface area contributed by atoms with Crippen LogP contribution < -0.4 is 10.6 Å². The van der Waals surface area contributed by atoms with Gasteiger partial charge < -0.3 is 20.5 Å².